The number of hydrogen-bond acceptors (Lipinski definition) is 2. The predicted octanol–water partition coefficient (Wildman–Crippen LogP) is 5.44. The maximum absolute atomic E-state index is 11.0. The van der Waals surface area contributed by atoms with Crippen molar-refractivity contribution in [2.75, 3.05) is 0 Å². The van der Waals surface area contributed by atoms with Gasteiger partial charge in [-0.25, -0.2) is 0 Å². The highest BCUT2D eigenvalue weighted by atomic mass is 79.9. The normalized spacial score (nSPS) is 14.2. The Hall–Kier alpha value is -1.26. The Morgan fingerprint density at radius 3 is 1.61 bits per heavy atom. The van der Waals surface area contributed by atoms with Crippen molar-refractivity contribution in [3.63, 3.8) is 0 Å². The van der Waals surface area contributed by atoms with E-state index in [1.807, 2.05) is 12.1 Å². The van der Waals surface area contributed by atoms with Crippen LogP contribution in [0.25, 0.3) is 11.1 Å². The molecule has 0 N–H and O–H groups in total. The predicted molar refractivity (Wildman–Crippen MR) is 98.7 cm³/mol. The molecule has 4 heteroatoms. The van der Waals surface area contributed by atoms with Gasteiger partial charge < -0.3 is 9.59 Å². The van der Waals surface area contributed by atoms with E-state index in [2.05, 4.69) is 56.1 Å². The summed E-state index contributed by atoms with van der Waals surface area (Å²) in [6.45, 7) is 0. The van der Waals surface area contributed by atoms with Crippen molar-refractivity contribution in [3.05, 3.63) is 56.5 Å². The summed E-state index contributed by atoms with van der Waals surface area (Å²) >= 11 is 7.13. The summed E-state index contributed by atoms with van der Waals surface area (Å²) in [5, 5.41) is 0. The third kappa shape index (κ3) is 2.83. The first kappa shape index (κ1) is 16.6. The lowest BCUT2D eigenvalue weighted by Crippen LogP contribution is -2.26. The summed E-state index contributed by atoms with van der Waals surface area (Å²) in [6.07, 6.45) is 4.34. The average molecular weight is 436 g/mol. The van der Waals surface area contributed by atoms with Crippen LogP contribution in [0, 0.1) is 0 Å². The minimum atomic E-state index is -0.278. The van der Waals surface area contributed by atoms with Gasteiger partial charge in [-0.15, -0.1) is 0 Å². The van der Waals surface area contributed by atoms with Crippen LogP contribution < -0.4 is 0 Å². The molecule has 0 radical (unpaired) electrons. The summed E-state index contributed by atoms with van der Waals surface area (Å²) in [5.74, 6) is 0. The van der Waals surface area contributed by atoms with Crippen molar-refractivity contribution in [3.8, 4) is 11.1 Å². The second kappa shape index (κ2) is 6.70. The van der Waals surface area contributed by atoms with Crippen LogP contribution in [-0.2, 0) is 15.0 Å². The van der Waals surface area contributed by atoms with Crippen molar-refractivity contribution in [1.82, 2.24) is 0 Å². The highest BCUT2D eigenvalue weighted by molar-refractivity contribution is 9.10. The van der Waals surface area contributed by atoms with E-state index >= 15 is 0 Å². The molecular formula is C19H16Br2O2. The zero-order valence-corrected chi connectivity index (χ0v) is 15.7. The Labute approximate surface area is 152 Å². The SMILES string of the molecule is O=CCCC1(CCC=O)c2cc(Br)ccc2-c2ccc(Br)cc21. The van der Waals surface area contributed by atoms with E-state index in [0.29, 0.717) is 12.8 Å². The van der Waals surface area contributed by atoms with Gasteiger partial charge in [-0.05, 0) is 59.4 Å². The van der Waals surface area contributed by atoms with Gasteiger partial charge in [-0.3, -0.25) is 0 Å². The van der Waals surface area contributed by atoms with Crippen LogP contribution >= 0.6 is 31.9 Å². The van der Waals surface area contributed by atoms with Crippen molar-refractivity contribution in [1.29, 1.82) is 0 Å². The smallest absolute Gasteiger partial charge is 0.120 e. The number of hydrogen-bond donors (Lipinski definition) is 0. The van der Waals surface area contributed by atoms with Crippen molar-refractivity contribution < 1.29 is 9.59 Å². The Kier molecular flexibility index (Phi) is 4.83. The van der Waals surface area contributed by atoms with E-state index in [1.54, 1.807) is 0 Å². The van der Waals surface area contributed by atoms with Crippen molar-refractivity contribution in [2.45, 2.75) is 31.1 Å². The van der Waals surface area contributed by atoms with Gasteiger partial charge >= 0.3 is 0 Å². The van der Waals surface area contributed by atoms with Gasteiger partial charge in [0.2, 0.25) is 0 Å². The number of aldehydes is 2. The fourth-order valence-corrected chi connectivity index (χ4v) is 4.44. The van der Waals surface area contributed by atoms with E-state index in [0.717, 1.165) is 34.4 Å². The molecule has 0 atom stereocenters. The molecule has 0 saturated heterocycles. The molecule has 0 amide bonds. The molecule has 2 nitrogen and oxygen atoms in total. The third-order valence-corrected chi connectivity index (χ3v) is 5.65. The second-order valence-corrected chi connectivity index (χ2v) is 7.70. The lowest BCUT2D eigenvalue weighted by Gasteiger charge is -2.31. The van der Waals surface area contributed by atoms with Crippen LogP contribution in [0.2, 0.25) is 0 Å². The summed E-state index contributed by atoms with van der Waals surface area (Å²) in [6, 6.07) is 12.6. The molecule has 2 aromatic rings. The lowest BCUT2D eigenvalue weighted by atomic mass is 9.71. The number of carbonyl (C=O) groups is 2. The van der Waals surface area contributed by atoms with Gasteiger partial charge in [0.1, 0.15) is 12.6 Å². The zero-order valence-electron chi connectivity index (χ0n) is 12.5. The molecule has 23 heavy (non-hydrogen) atoms. The fraction of sp³-hybridized carbons (Fsp3) is 0.263. The quantitative estimate of drug-likeness (QED) is 0.566. The second-order valence-electron chi connectivity index (χ2n) is 5.87. The Morgan fingerprint density at radius 1 is 0.783 bits per heavy atom. The van der Waals surface area contributed by atoms with Crippen LogP contribution in [0.5, 0.6) is 0 Å². The standard InChI is InChI=1S/C19H16Br2O2/c20-13-3-5-15-16-6-4-14(21)12-18(16)19(7-1-9-22,8-2-10-23)17(15)11-13/h3-6,9-12H,1-2,7-8H2. The maximum atomic E-state index is 11.0. The van der Waals surface area contributed by atoms with E-state index in [-0.39, 0.29) is 5.41 Å². The molecule has 0 bridgehead atoms. The monoisotopic (exact) mass is 434 g/mol. The molecule has 0 spiro atoms. The van der Waals surface area contributed by atoms with Crippen LogP contribution in [0.1, 0.15) is 36.8 Å². The fourth-order valence-electron chi connectivity index (χ4n) is 3.71. The Morgan fingerprint density at radius 2 is 1.22 bits per heavy atom. The molecule has 0 saturated carbocycles. The van der Waals surface area contributed by atoms with Gasteiger partial charge in [-0.1, -0.05) is 44.0 Å². The third-order valence-electron chi connectivity index (χ3n) is 4.66. The van der Waals surface area contributed by atoms with Crippen molar-refractivity contribution in [2.24, 2.45) is 0 Å². The van der Waals surface area contributed by atoms with Crippen LogP contribution in [-0.4, -0.2) is 12.6 Å². The van der Waals surface area contributed by atoms with Gasteiger partial charge in [0.15, 0.2) is 0 Å². The minimum absolute atomic E-state index is 0.278. The summed E-state index contributed by atoms with van der Waals surface area (Å²) in [7, 11) is 0. The zero-order chi connectivity index (χ0) is 16.4. The molecular weight excluding hydrogens is 420 g/mol. The number of fused-ring (bicyclic) bond motifs is 3. The molecule has 0 heterocycles. The van der Waals surface area contributed by atoms with Gasteiger partial charge in [-0.2, -0.15) is 0 Å². The number of carbonyl (C=O) groups excluding carboxylic acids is 2. The Bertz CT molecular complexity index is 702. The van der Waals surface area contributed by atoms with Crippen LogP contribution in [0.4, 0.5) is 0 Å². The number of rotatable bonds is 6. The highest BCUT2D eigenvalue weighted by Crippen LogP contribution is 2.54. The molecule has 0 fully saturated rings. The Balaban J connectivity index is 2.27. The topological polar surface area (TPSA) is 34.1 Å². The summed E-state index contributed by atoms with van der Waals surface area (Å²) < 4.78 is 2.04. The molecule has 0 aliphatic heterocycles. The van der Waals surface area contributed by atoms with E-state index < -0.39 is 0 Å². The molecule has 1 aliphatic carbocycles. The first-order chi connectivity index (χ1) is 11.1. The van der Waals surface area contributed by atoms with Gasteiger partial charge in [0.25, 0.3) is 0 Å². The molecule has 0 unspecified atom stereocenters. The maximum Gasteiger partial charge on any atom is 0.120 e. The summed E-state index contributed by atoms with van der Waals surface area (Å²) in [5.41, 5.74) is 4.55. The van der Waals surface area contributed by atoms with Gasteiger partial charge in [0.05, 0.1) is 0 Å². The molecule has 0 aromatic heterocycles. The van der Waals surface area contributed by atoms with E-state index in [4.69, 9.17) is 0 Å². The lowest BCUT2D eigenvalue weighted by molar-refractivity contribution is -0.108. The first-order valence-electron chi connectivity index (χ1n) is 7.60. The average Bonchev–Trinajstić information content (AvgIpc) is 2.80. The first-order valence-corrected chi connectivity index (χ1v) is 9.19. The molecule has 3 rings (SSSR count). The van der Waals surface area contributed by atoms with Gasteiger partial charge in [0, 0.05) is 27.2 Å². The molecule has 1 aliphatic rings. The largest absolute Gasteiger partial charge is 0.303 e. The van der Waals surface area contributed by atoms with E-state index in [9.17, 15) is 9.59 Å². The molecule has 118 valence electrons. The highest BCUT2D eigenvalue weighted by Gasteiger charge is 2.42. The van der Waals surface area contributed by atoms with Crippen LogP contribution in [0.3, 0.4) is 0 Å². The summed E-state index contributed by atoms with van der Waals surface area (Å²) in [4.78, 5) is 22.1. The van der Waals surface area contributed by atoms with E-state index in [1.165, 1.54) is 22.3 Å². The van der Waals surface area contributed by atoms with Crippen LogP contribution in [0.15, 0.2) is 45.3 Å². The number of halogens is 2. The number of benzene rings is 2. The minimum Gasteiger partial charge on any atom is -0.303 e. The van der Waals surface area contributed by atoms with Crippen molar-refractivity contribution >= 4 is 44.4 Å². The molecule has 2 aromatic carbocycles.